The first-order valence-corrected chi connectivity index (χ1v) is 10.1. The van der Waals surface area contributed by atoms with Crippen LogP contribution in [0.25, 0.3) is 0 Å². The van der Waals surface area contributed by atoms with Crippen molar-refractivity contribution < 1.29 is 16.8 Å². The smallest absolute Gasteiger partial charge is 0.168 e. The van der Waals surface area contributed by atoms with E-state index in [0.717, 1.165) is 11.7 Å². The molecule has 0 bridgehead atoms. The molecule has 0 spiro atoms. The molecule has 0 fully saturated rings. The van der Waals surface area contributed by atoms with E-state index in [0.29, 0.717) is 19.6 Å². The quantitative estimate of drug-likeness (QED) is 0.657. The van der Waals surface area contributed by atoms with Crippen LogP contribution in [0.4, 0.5) is 0 Å². The molecule has 0 aliphatic heterocycles. The Kier molecular flexibility index (Phi) is 17.0. The van der Waals surface area contributed by atoms with Gasteiger partial charge in [-0.15, -0.1) is 12.8 Å². The van der Waals surface area contributed by atoms with Gasteiger partial charge in [0.2, 0.25) is 0 Å². The van der Waals surface area contributed by atoms with Crippen molar-refractivity contribution in [2.45, 2.75) is 0 Å². The number of terminal acetylenes is 2. The molecule has 0 aromatic carbocycles. The molecule has 0 atom stereocenters. The normalized spacial score (nSPS) is 10.1. The highest BCUT2D eigenvalue weighted by Gasteiger charge is 2.03. The fourth-order valence-corrected chi connectivity index (χ4v) is 1.30. The van der Waals surface area contributed by atoms with Crippen LogP contribution in [0.15, 0.2) is 12.0 Å². The maximum Gasteiger partial charge on any atom is 0.168 e. The SMILES string of the molecule is C#CCN(C)CCS(C)(=O)=O.C#CCNC.C=CS(C)(=O)=O. The van der Waals surface area contributed by atoms with Gasteiger partial charge in [-0.05, 0) is 14.1 Å². The molecule has 8 heteroatoms. The van der Waals surface area contributed by atoms with Gasteiger partial charge in [-0.25, -0.2) is 16.8 Å². The molecule has 128 valence electrons. The molecule has 0 heterocycles. The second-order valence-corrected chi connectivity index (χ2v) is 8.55. The summed E-state index contributed by atoms with van der Waals surface area (Å²) in [5, 5.41) is 3.69. The van der Waals surface area contributed by atoms with Crippen molar-refractivity contribution in [3.05, 3.63) is 12.0 Å². The van der Waals surface area contributed by atoms with E-state index in [1.54, 1.807) is 11.9 Å². The van der Waals surface area contributed by atoms with Gasteiger partial charge in [0.1, 0.15) is 9.84 Å². The van der Waals surface area contributed by atoms with Gasteiger partial charge in [-0.1, -0.05) is 18.4 Å². The van der Waals surface area contributed by atoms with E-state index in [-0.39, 0.29) is 5.75 Å². The Bertz CT molecular complexity index is 555. The topological polar surface area (TPSA) is 83.6 Å². The Morgan fingerprint density at radius 3 is 1.82 bits per heavy atom. The molecule has 6 nitrogen and oxygen atoms in total. The van der Waals surface area contributed by atoms with Crippen LogP contribution >= 0.6 is 0 Å². The minimum atomic E-state index is -2.90. The lowest BCUT2D eigenvalue weighted by molar-refractivity contribution is 0.398. The number of nitrogens with zero attached hydrogens (tertiary/aromatic N) is 1. The molecule has 0 aliphatic carbocycles. The summed E-state index contributed by atoms with van der Waals surface area (Å²) >= 11 is 0. The zero-order chi connectivity index (χ0) is 18.2. The minimum absolute atomic E-state index is 0.172. The summed E-state index contributed by atoms with van der Waals surface area (Å²) in [5.74, 6) is 5.01. The standard InChI is InChI=1S/C7H13NO2S.C4H7N.C3H6O2S/c1-4-5-8(2)6-7-11(3,9)10;1-3-4-5-2;1-3-6(2,4)5/h1H,5-7H2,2-3H3;1,5H,4H2,2H3;3H,1H2,2H3. The third-order valence-electron chi connectivity index (χ3n) is 1.79. The first-order chi connectivity index (χ1) is 9.93. The summed E-state index contributed by atoms with van der Waals surface area (Å²) in [6, 6.07) is 0. The number of rotatable bonds is 6. The largest absolute Gasteiger partial charge is 0.309 e. The van der Waals surface area contributed by atoms with Crippen LogP contribution in [0, 0.1) is 24.7 Å². The average Bonchev–Trinajstić information content (AvgIpc) is 2.38. The first kappa shape index (κ1) is 25.6. The van der Waals surface area contributed by atoms with Gasteiger partial charge in [0, 0.05) is 24.5 Å². The minimum Gasteiger partial charge on any atom is -0.309 e. The van der Waals surface area contributed by atoms with Gasteiger partial charge in [0.05, 0.1) is 18.8 Å². The lowest BCUT2D eigenvalue weighted by Crippen LogP contribution is -2.25. The fraction of sp³-hybridized carbons (Fsp3) is 0.571. The lowest BCUT2D eigenvalue weighted by Gasteiger charge is -2.11. The second kappa shape index (κ2) is 14.6. The summed E-state index contributed by atoms with van der Waals surface area (Å²) in [4.78, 5) is 1.79. The third kappa shape index (κ3) is 36.3. The molecule has 0 aliphatic rings. The van der Waals surface area contributed by atoms with Gasteiger partial charge < -0.3 is 5.32 Å². The summed E-state index contributed by atoms with van der Waals surface area (Å²) in [5.41, 5.74) is 0. The molecular weight excluding hydrogens is 324 g/mol. The lowest BCUT2D eigenvalue weighted by atomic mass is 10.5. The molecule has 0 radical (unpaired) electrons. The Hall–Kier alpha value is -1.32. The van der Waals surface area contributed by atoms with Crippen molar-refractivity contribution in [2.75, 3.05) is 52.0 Å². The van der Waals surface area contributed by atoms with Crippen LogP contribution in [0.5, 0.6) is 0 Å². The zero-order valence-corrected chi connectivity index (χ0v) is 15.3. The van der Waals surface area contributed by atoms with E-state index in [1.807, 2.05) is 7.05 Å². The highest BCUT2D eigenvalue weighted by atomic mass is 32.2. The van der Waals surface area contributed by atoms with E-state index >= 15 is 0 Å². The molecule has 0 aromatic heterocycles. The summed E-state index contributed by atoms with van der Waals surface area (Å²) in [6.45, 7) is 4.71. The van der Waals surface area contributed by atoms with Crippen LogP contribution in [0.2, 0.25) is 0 Å². The number of hydrogen-bond donors (Lipinski definition) is 1. The maximum atomic E-state index is 10.7. The van der Waals surface area contributed by atoms with Gasteiger partial charge in [0.15, 0.2) is 9.84 Å². The molecular formula is C14H26N2O4S2. The fourth-order valence-electron chi connectivity index (χ4n) is 0.659. The molecule has 0 saturated carbocycles. The first-order valence-electron chi connectivity index (χ1n) is 6.13. The van der Waals surface area contributed by atoms with Crippen molar-refractivity contribution in [2.24, 2.45) is 0 Å². The Labute approximate surface area is 135 Å². The maximum absolute atomic E-state index is 10.7. The van der Waals surface area contributed by atoms with Gasteiger partial charge >= 0.3 is 0 Å². The van der Waals surface area contributed by atoms with Crippen LogP contribution in [0.1, 0.15) is 0 Å². The summed E-state index contributed by atoms with van der Waals surface area (Å²) < 4.78 is 41.1. The van der Waals surface area contributed by atoms with Crippen molar-refractivity contribution in [3.8, 4) is 24.7 Å². The molecule has 22 heavy (non-hydrogen) atoms. The zero-order valence-electron chi connectivity index (χ0n) is 13.7. The van der Waals surface area contributed by atoms with Crippen LogP contribution in [-0.2, 0) is 19.7 Å². The van der Waals surface area contributed by atoms with Gasteiger partial charge in [-0.2, -0.15) is 0 Å². The Morgan fingerprint density at radius 2 is 1.64 bits per heavy atom. The molecule has 0 saturated heterocycles. The molecule has 0 rings (SSSR count). The predicted octanol–water partition coefficient (Wildman–Crippen LogP) is -0.390. The Morgan fingerprint density at radius 1 is 1.18 bits per heavy atom. The average molecular weight is 351 g/mol. The number of sulfone groups is 2. The van der Waals surface area contributed by atoms with E-state index in [1.165, 1.54) is 6.26 Å². The van der Waals surface area contributed by atoms with E-state index in [2.05, 4.69) is 23.7 Å². The van der Waals surface area contributed by atoms with E-state index < -0.39 is 19.7 Å². The van der Waals surface area contributed by atoms with E-state index in [9.17, 15) is 16.8 Å². The molecule has 0 unspecified atom stereocenters. The highest BCUT2D eigenvalue weighted by Crippen LogP contribution is 1.86. The predicted molar refractivity (Wildman–Crippen MR) is 93.8 cm³/mol. The summed E-state index contributed by atoms with van der Waals surface area (Å²) in [6.07, 6.45) is 12.2. The Balaban J connectivity index is -0.000000277. The van der Waals surface area contributed by atoms with Crippen molar-refractivity contribution in [3.63, 3.8) is 0 Å². The number of hydrogen-bond acceptors (Lipinski definition) is 6. The van der Waals surface area contributed by atoms with Crippen LogP contribution in [0.3, 0.4) is 0 Å². The molecule has 0 aromatic rings. The van der Waals surface area contributed by atoms with E-state index in [4.69, 9.17) is 12.8 Å². The third-order valence-corrected chi connectivity index (χ3v) is 3.32. The van der Waals surface area contributed by atoms with Gasteiger partial charge in [-0.3, -0.25) is 4.90 Å². The second-order valence-electron chi connectivity index (χ2n) is 4.30. The van der Waals surface area contributed by atoms with Crippen molar-refractivity contribution in [1.82, 2.24) is 10.2 Å². The monoisotopic (exact) mass is 350 g/mol. The van der Waals surface area contributed by atoms with Crippen LogP contribution in [-0.4, -0.2) is 73.7 Å². The van der Waals surface area contributed by atoms with Crippen molar-refractivity contribution in [1.29, 1.82) is 0 Å². The highest BCUT2D eigenvalue weighted by molar-refractivity contribution is 7.93. The van der Waals surface area contributed by atoms with Crippen LogP contribution < -0.4 is 5.32 Å². The summed E-state index contributed by atoms with van der Waals surface area (Å²) in [7, 11) is -2.13. The van der Waals surface area contributed by atoms with Crippen molar-refractivity contribution >= 4 is 19.7 Å². The van der Waals surface area contributed by atoms with Gasteiger partial charge in [0.25, 0.3) is 0 Å². The molecule has 1 N–H and O–H groups in total. The number of nitrogens with one attached hydrogen (secondary N) is 1. The molecule has 0 amide bonds.